The van der Waals surface area contributed by atoms with Gasteiger partial charge in [-0.15, -0.1) is 0 Å². The van der Waals surface area contributed by atoms with Gasteiger partial charge in [-0.25, -0.2) is 4.79 Å². The molecule has 2 amide bonds. The second-order valence-corrected chi connectivity index (χ2v) is 12.8. The topological polar surface area (TPSA) is 140 Å². The molecule has 3 rings (SSSR count). The van der Waals surface area contributed by atoms with Gasteiger partial charge >= 0.3 is 19.2 Å². The van der Waals surface area contributed by atoms with E-state index in [1.807, 2.05) is 27.7 Å². The largest absolute Gasteiger partial charge is 0.480 e. The first-order valence-corrected chi connectivity index (χ1v) is 13.0. The number of carboxylic acids is 1. The van der Waals surface area contributed by atoms with Crippen LogP contribution in [0, 0.1) is 17.8 Å². The third-order valence-corrected chi connectivity index (χ3v) is 8.34. The predicted octanol–water partition coefficient (Wildman–Crippen LogP) is 2.65. The molecule has 1 saturated carbocycles. The average Bonchev–Trinajstić information content (AvgIpc) is 3.28. The van der Waals surface area contributed by atoms with E-state index >= 15 is 0 Å². The summed E-state index contributed by atoms with van der Waals surface area (Å²) in [5, 5.41) is 12.6. The van der Waals surface area contributed by atoms with Crippen molar-refractivity contribution in [1.29, 1.82) is 0 Å². The molecule has 0 spiro atoms. The van der Waals surface area contributed by atoms with Crippen LogP contribution in [0.2, 0.25) is 6.32 Å². The molecule has 3 aliphatic rings. The van der Waals surface area contributed by atoms with E-state index in [1.54, 1.807) is 32.6 Å². The Hall–Kier alpha value is -1.85. The summed E-state index contributed by atoms with van der Waals surface area (Å²) >= 11 is 0. The van der Waals surface area contributed by atoms with Crippen LogP contribution in [0.25, 0.3) is 0 Å². The minimum Gasteiger partial charge on any atom is -0.480 e. The third-order valence-electron chi connectivity index (χ3n) is 8.34. The summed E-state index contributed by atoms with van der Waals surface area (Å²) in [5.74, 6) is -1.47. The standard InChI is InChI=1S/C25H44BN3O7/c1-15(28-21(33)34-22(2,3)4)19(30)29-13-16-12-25(27,20(31)32)18(17(16)14-29)10-9-11-26-35-23(5,6)24(7,8)36-26/h15-18H,9-14,27H2,1-8H3,(H,28,33)(H,31,32)/t15?,16-,17?,18?,25?/m0/s1. The smallest absolute Gasteiger partial charge is 0.457 e. The van der Waals surface area contributed by atoms with Crippen LogP contribution in [0.15, 0.2) is 0 Å². The van der Waals surface area contributed by atoms with E-state index in [-0.39, 0.29) is 30.8 Å². The number of rotatable bonds is 7. The molecule has 0 aromatic heterocycles. The van der Waals surface area contributed by atoms with Crippen LogP contribution in [0.1, 0.15) is 74.7 Å². The van der Waals surface area contributed by atoms with Crippen molar-refractivity contribution in [3.05, 3.63) is 0 Å². The van der Waals surface area contributed by atoms with E-state index in [4.69, 9.17) is 19.8 Å². The van der Waals surface area contributed by atoms with Crippen molar-refractivity contribution in [2.75, 3.05) is 13.1 Å². The first-order valence-electron chi connectivity index (χ1n) is 13.0. The molecule has 2 aliphatic heterocycles. The Kier molecular flexibility index (Phi) is 7.82. The van der Waals surface area contributed by atoms with E-state index in [2.05, 4.69) is 5.32 Å². The lowest BCUT2D eigenvalue weighted by Crippen LogP contribution is -2.54. The van der Waals surface area contributed by atoms with Crippen molar-refractivity contribution < 1.29 is 33.5 Å². The van der Waals surface area contributed by atoms with Crippen LogP contribution in [-0.4, -0.2) is 76.6 Å². The maximum atomic E-state index is 13.1. The van der Waals surface area contributed by atoms with Gasteiger partial charge in [-0.1, -0.05) is 6.42 Å². The molecule has 11 heteroatoms. The fraction of sp³-hybridized carbons (Fsp3) is 0.880. The second-order valence-electron chi connectivity index (χ2n) is 12.8. The van der Waals surface area contributed by atoms with Crippen LogP contribution in [0.5, 0.6) is 0 Å². The van der Waals surface area contributed by atoms with Crippen molar-refractivity contribution in [3.63, 3.8) is 0 Å². The molecule has 4 N–H and O–H groups in total. The molecule has 0 radical (unpaired) electrons. The Bertz CT molecular complexity index is 858. The molecule has 0 bridgehead atoms. The quantitative estimate of drug-likeness (QED) is 0.445. The van der Waals surface area contributed by atoms with Crippen LogP contribution in [-0.2, 0) is 23.6 Å². The fourth-order valence-electron chi connectivity index (χ4n) is 5.84. The first-order chi connectivity index (χ1) is 16.4. The number of carbonyl (C=O) groups is 3. The highest BCUT2D eigenvalue weighted by molar-refractivity contribution is 6.45. The van der Waals surface area contributed by atoms with Gasteiger partial charge in [-0.05, 0) is 92.3 Å². The summed E-state index contributed by atoms with van der Waals surface area (Å²) in [5.41, 5.74) is 3.68. The zero-order valence-electron chi connectivity index (χ0n) is 23.1. The SMILES string of the molecule is CC(NC(=O)OC(C)(C)C)C(=O)N1CC2C(CCCB3OC(C)(C)C(C)(C)O3)C(N)(C(=O)O)C[C@H]2C1. The molecule has 2 heterocycles. The van der Waals surface area contributed by atoms with Gasteiger partial charge in [-0.2, -0.15) is 0 Å². The number of aliphatic carboxylic acids is 1. The lowest BCUT2D eigenvalue weighted by molar-refractivity contribution is -0.145. The van der Waals surface area contributed by atoms with Crippen molar-refractivity contribution in [2.24, 2.45) is 23.5 Å². The van der Waals surface area contributed by atoms with E-state index in [9.17, 15) is 19.5 Å². The summed E-state index contributed by atoms with van der Waals surface area (Å²) in [6.07, 6.45) is 1.65. The number of alkyl carbamates (subject to hydrolysis) is 1. The lowest BCUT2D eigenvalue weighted by atomic mass is 9.75. The molecule has 4 unspecified atom stereocenters. The van der Waals surface area contributed by atoms with Gasteiger partial charge in [-0.3, -0.25) is 9.59 Å². The number of carboxylic acid groups (broad SMARTS) is 1. The van der Waals surface area contributed by atoms with Gasteiger partial charge < -0.3 is 35.1 Å². The summed E-state index contributed by atoms with van der Waals surface area (Å²) in [7, 11) is -0.342. The third kappa shape index (κ3) is 5.83. The van der Waals surface area contributed by atoms with Gasteiger partial charge in [0.15, 0.2) is 0 Å². The van der Waals surface area contributed by atoms with Crippen molar-refractivity contribution >= 4 is 25.1 Å². The Morgan fingerprint density at radius 3 is 2.28 bits per heavy atom. The molecule has 36 heavy (non-hydrogen) atoms. The van der Waals surface area contributed by atoms with Gasteiger partial charge in [0, 0.05) is 13.1 Å². The van der Waals surface area contributed by atoms with Crippen molar-refractivity contribution in [2.45, 2.75) is 109 Å². The summed E-state index contributed by atoms with van der Waals surface area (Å²) in [6.45, 7) is 15.8. The number of hydrogen-bond donors (Lipinski definition) is 3. The molecule has 0 aromatic rings. The summed E-state index contributed by atoms with van der Waals surface area (Å²) < 4.78 is 17.4. The van der Waals surface area contributed by atoms with Crippen LogP contribution < -0.4 is 11.1 Å². The number of fused-ring (bicyclic) bond motifs is 1. The molecular weight excluding hydrogens is 465 g/mol. The van der Waals surface area contributed by atoms with Gasteiger partial charge in [0.1, 0.15) is 17.2 Å². The highest BCUT2D eigenvalue weighted by Crippen LogP contribution is 2.50. The highest BCUT2D eigenvalue weighted by atomic mass is 16.7. The molecule has 204 valence electrons. The Balaban J connectivity index is 1.60. The van der Waals surface area contributed by atoms with E-state index in [0.29, 0.717) is 38.7 Å². The monoisotopic (exact) mass is 509 g/mol. The minimum absolute atomic E-state index is 0.00521. The number of ether oxygens (including phenoxy) is 1. The summed E-state index contributed by atoms with van der Waals surface area (Å²) in [6, 6.07) is -0.748. The molecule has 2 saturated heterocycles. The zero-order chi connectivity index (χ0) is 27.3. The number of nitrogens with one attached hydrogen (secondary N) is 1. The predicted molar refractivity (Wildman–Crippen MR) is 135 cm³/mol. The Labute approximate surface area is 215 Å². The van der Waals surface area contributed by atoms with E-state index < -0.39 is 40.4 Å². The molecule has 1 aliphatic carbocycles. The number of nitrogens with two attached hydrogens (primary N) is 1. The maximum Gasteiger partial charge on any atom is 0.457 e. The van der Waals surface area contributed by atoms with Crippen LogP contribution in [0.3, 0.4) is 0 Å². The number of amides is 2. The molecule has 0 aromatic carbocycles. The minimum atomic E-state index is -1.32. The van der Waals surface area contributed by atoms with Gasteiger partial charge in [0.05, 0.1) is 11.2 Å². The number of hydrogen-bond acceptors (Lipinski definition) is 7. The Morgan fingerprint density at radius 1 is 1.17 bits per heavy atom. The zero-order valence-corrected chi connectivity index (χ0v) is 23.1. The molecule has 10 nitrogen and oxygen atoms in total. The maximum absolute atomic E-state index is 13.1. The van der Waals surface area contributed by atoms with Crippen LogP contribution >= 0.6 is 0 Å². The number of carbonyl (C=O) groups excluding carboxylic acids is 2. The lowest BCUT2D eigenvalue weighted by Gasteiger charge is -2.32. The van der Waals surface area contributed by atoms with Crippen LogP contribution in [0.4, 0.5) is 4.79 Å². The van der Waals surface area contributed by atoms with E-state index in [0.717, 1.165) is 0 Å². The molecule has 5 atom stereocenters. The summed E-state index contributed by atoms with van der Waals surface area (Å²) in [4.78, 5) is 39.1. The first kappa shape index (κ1) is 28.7. The van der Waals surface area contributed by atoms with E-state index in [1.165, 1.54) is 0 Å². The second kappa shape index (κ2) is 9.80. The normalized spacial score (nSPS) is 31.8. The van der Waals surface area contributed by atoms with Gasteiger partial charge in [0.2, 0.25) is 5.91 Å². The Morgan fingerprint density at radius 2 is 1.75 bits per heavy atom. The highest BCUT2D eigenvalue weighted by Gasteiger charge is 2.59. The number of likely N-dealkylation sites (tertiary alicyclic amines) is 1. The van der Waals surface area contributed by atoms with Gasteiger partial charge in [0.25, 0.3) is 0 Å². The van der Waals surface area contributed by atoms with Crippen molar-refractivity contribution in [1.82, 2.24) is 10.2 Å². The average molecular weight is 509 g/mol. The molecule has 3 fully saturated rings. The number of nitrogens with zero attached hydrogens (tertiary/aromatic N) is 1. The van der Waals surface area contributed by atoms with Crippen molar-refractivity contribution in [3.8, 4) is 0 Å². The molecular formula is C25H44BN3O7. The fourth-order valence-corrected chi connectivity index (χ4v) is 5.84.